The number of aryl methyl sites for hydroxylation is 2. The molecule has 0 saturated heterocycles. The lowest BCUT2D eigenvalue weighted by Gasteiger charge is -2.38. The summed E-state index contributed by atoms with van der Waals surface area (Å²) in [5.41, 5.74) is 4.53. The first kappa shape index (κ1) is 20.2. The molecule has 0 fully saturated rings. The quantitative estimate of drug-likeness (QED) is 0.765. The number of amides is 1. The van der Waals surface area contributed by atoms with Crippen molar-refractivity contribution in [2.45, 2.75) is 61.0 Å². The fourth-order valence-corrected chi connectivity index (χ4v) is 3.26. The minimum atomic E-state index is -0.944. The summed E-state index contributed by atoms with van der Waals surface area (Å²) in [6, 6.07) is 2.06. The van der Waals surface area contributed by atoms with E-state index in [1.165, 1.54) is 5.06 Å². The molecule has 0 N–H and O–H groups in total. The summed E-state index contributed by atoms with van der Waals surface area (Å²) in [4.78, 5) is 31.1. The van der Waals surface area contributed by atoms with E-state index in [0.717, 1.165) is 27.8 Å². The summed E-state index contributed by atoms with van der Waals surface area (Å²) in [5.74, 6) is -0.735. The zero-order valence-electron chi connectivity index (χ0n) is 17.2. The van der Waals surface area contributed by atoms with Crippen LogP contribution < -0.4 is 0 Å². The number of likely N-dealkylation sites (N-methyl/N-ethyl adjacent to an activating group) is 1. The van der Waals surface area contributed by atoms with Gasteiger partial charge in [-0.25, -0.2) is 5.06 Å². The van der Waals surface area contributed by atoms with Crippen LogP contribution in [0, 0.1) is 33.6 Å². The Morgan fingerprint density at radius 3 is 2.23 bits per heavy atom. The van der Waals surface area contributed by atoms with Crippen molar-refractivity contribution in [3.63, 3.8) is 0 Å². The highest BCUT2D eigenvalue weighted by atomic mass is 16.7. The molecule has 0 aliphatic carbocycles. The van der Waals surface area contributed by atoms with E-state index in [1.807, 2.05) is 20.8 Å². The van der Waals surface area contributed by atoms with Gasteiger partial charge in [0.15, 0.2) is 5.76 Å². The van der Waals surface area contributed by atoms with E-state index >= 15 is 0 Å². The van der Waals surface area contributed by atoms with Gasteiger partial charge in [-0.1, -0.05) is 19.9 Å². The van der Waals surface area contributed by atoms with Crippen LogP contribution in [0.3, 0.4) is 0 Å². The van der Waals surface area contributed by atoms with Crippen molar-refractivity contribution in [1.29, 1.82) is 0 Å². The van der Waals surface area contributed by atoms with Gasteiger partial charge in [-0.05, 0) is 69.4 Å². The largest absolute Gasteiger partial charge is 0.427 e. The minimum absolute atomic E-state index is 0.272. The van der Waals surface area contributed by atoms with Crippen molar-refractivity contribution in [3.8, 4) is 0 Å². The third-order valence-electron chi connectivity index (χ3n) is 4.92. The number of benzene rings is 1. The Morgan fingerprint density at radius 2 is 1.69 bits per heavy atom. The molecule has 1 amide bonds. The molecule has 5 nitrogen and oxygen atoms in total. The van der Waals surface area contributed by atoms with Gasteiger partial charge in [-0.15, -0.1) is 0 Å². The van der Waals surface area contributed by atoms with E-state index in [1.54, 1.807) is 34.7 Å². The molecule has 0 unspecified atom stereocenters. The molecule has 26 heavy (non-hydrogen) atoms. The summed E-state index contributed by atoms with van der Waals surface area (Å²) in [6.45, 7) is 15.2. The highest BCUT2D eigenvalue weighted by Crippen LogP contribution is 2.40. The minimum Gasteiger partial charge on any atom is -0.427 e. The molecule has 0 spiro atoms. The maximum absolute atomic E-state index is 13.0. The highest BCUT2D eigenvalue weighted by Gasteiger charge is 2.43. The molecular formula is C21H29NO4. The Kier molecular flexibility index (Phi) is 5.34. The molecule has 0 atom stereocenters. The number of ether oxygens (including phenoxy) is 1. The smallest absolute Gasteiger partial charge is 0.313 e. The Hall–Kier alpha value is -2.14. The number of esters is 1. The number of rotatable bonds is 3. The molecule has 2 rings (SSSR count). The van der Waals surface area contributed by atoms with E-state index in [-0.39, 0.29) is 23.6 Å². The predicted molar refractivity (Wildman–Crippen MR) is 101 cm³/mol. The second-order valence-electron chi connectivity index (χ2n) is 7.82. The molecule has 1 heterocycles. The molecule has 0 bridgehead atoms. The second kappa shape index (κ2) is 6.88. The normalized spacial score (nSPS) is 17.2. The SMILES string of the molecule is Cc1cc(C)c(C2=C(OC(=O)C(C)C)C(C)(C)ON(C)C2=O)c(C)c1C. The third kappa shape index (κ3) is 3.40. The lowest BCUT2D eigenvalue weighted by atomic mass is 9.86. The first-order valence-corrected chi connectivity index (χ1v) is 8.89. The van der Waals surface area contributed by atoms with Crippen molar-refractivity contribution in [1.82, 2.24) is 5.06 Å². The van der Waals surface area contributed by atoms with E-state index in [9.17, 15) is 9.59 Å². The highest BCUT2D eigenvalue weighted by molar-refractivity contribution is 6.21. The molecular weight excluding hydrogens is 330 g/mol. The van der Waals surface area contributed by atoms with Gasteiger partial charge in [-0.2, -0.15) is 0 Å². The van der Waals surface area contributed by atoms with Gasteiger partial charge in [0.25, 0.3) is 5.91 Å². The van der Waals surface area contributed by atoms with Crippen LogP contribution in [0.25, 0.3) is 5.57 Å². The Bertz CT molecular complexity index is 803. The lowest BCUT2D eigenvalue weighted by Crippen LogP contribution is -2.46. The number of carbonyl (C=O) groups excluding carboxylic acids is 2. The molecule has 1 aliphatic heterocycles. The van der Waals surface area contributed by atoms with Crippen LogP contribution >= 0.6 is 0 Å². The predicted octanol–water partition coefficient (Wildman–Crippen LogP) is 4.01. The number of carbonyl (C=O) groups is 2. The van der Waals surface area contributed by atoms with Gasteiger partial charge in [-0.3, -0.25) is 14.4 Å². The van der Waals surface area contributed by atoms with Crippen LogP contribution in [0.2, 0.25) is 0 Å². The molecule has 142 valence electrons. The average molecular weight is 359 g/mol. The molecule has 0 aromatic heterocycles. The average Bonchev–Trinajstić information content (AvgIpc) is 2.52. The number of hydrogen-bond donors (Lipinski definition) is 0. The van der Waals surface area contributed by atoms with Crippen molar-refractivity contribution >= 4 is 17.4 Å². The maximum atomic E-state index is 13.0. The Balaban J connectivity index is 2.84. The van der Waals surface area contributed by atoms with Crippen LogP contribution in [0.4, 0.5) is 0 Å². The molecule has 1 aliphatic rings. The van der Waals surface area contributed by atoms with Crippen LogP contribution in [0.5, 0.6) is 0 Å². The van der Waals surface area contributed by atoms with Gasteiger partial charge in [0, 0.05) is 7.05 Å². The van der Waals surface area contributed by atoms with Crippen LogP contribution in [-0.2, 0) is 19.2 Å². The molecule has 0 saturated carbocycles. The van der Waals surface area contributed by atoms with E-state index in [0.29, 0.717) is 5.57 Å². The number of hydrogen-bond acceptors (Lipinski definition) is 4. The van der Waals surface area contributed by atoms with Gasteiger partial charge in [0.1, 0.15) is 5.60 Å². The standard InChI is InChI=1S/C21H29NO4/c1-11(2)20(24)25-18-17(19(23)22(9)26-21(18,7)8)16-13(4)10-12(3)14(5)15(16)6/h10-11H,1-9H3. The molecule has 0 radical (unpaired) electrons. The Labute approximate surface area is 155 Å². The van der Waals surface area contributed by atoms with Gasteiger partial charge >= 0.3 is 5.97 Å². The van der Waals surface area contributed by atoms with E-state index in [2.05, 4.69) is 13.0 Å². The second-order valence-corrected chi connectivity index (χ2v) is 7.82. The summed E-state index contributed by atoms with van der Waals surface area (Å²) in [5, 5.41) is 1.22. The topological polar surface area (TPSA) is 55.8 Å². The fourth-order valence-electron chi connectivity index (χ4n) is 3.26. The summed E-state index contributed by atoms with van der Waals surface area (Å²) >= 11 is 0. The number of nitrogens with zero attached hydrogens (tertiary/aromatic N) is 1. The zero-order chi connectivity index (χ0) is 20.0. The van der Waals surface area contributed by atoms with E-state index in [4.69, 9.17) is 9.57 Å². The van der Waals surface area contributed by atoms with Gasteiger partial charge in [0.2, 0.25) is 0 Å². The first-order chi connectivity index (χ1) is 11.9. The van der Waals surface area contributed by atoms with Crippen LogP contribution in [0.1, 0.15) is 55.5 Å². The molecule has 1 aromatic carbocycles. The molecule has 1 aromatic rings. The van der Waals surface area contributed by atoms with Gasteiger partial charge in [0.05, 0.1) is 11.5 Å². The summed E-state index contributed by atoms with van der Waals surface area (Å²) in [6.07, 6.45) is 0. The van der Waals surface area contributed by atoms with E-state index < -0.39 is 5.60 Å². The van der Waals surface area contributed by atoms with Crippen molar-refractivity contribution < 1.29 is 19.2 Å². The maximum Gasteiger partial charge on any atom is 0.313 e. The van der Waals surface area contributed by atoms with Crippen molar-refractivity contribution in [2.75, 3.05) is 7.05 Å². The lowest BCUT2D eigenvalue weighted by molar-refractivity contribution is -0.221. The third-order valence-corrected chi connectivity index (χ3v) is 4.92. The summed E-state index contributed by atoms with van der Waals surface area (Å²) in [7, 11) is 1.58. The van der Waals surface area contributed by atoms with Crippen molar-refractivity contribution in [2.24, 2.45) is 5.92 Å². The molecule has 5 heteroatoms. The first-order valence-electron chi connectivity index (χ1n) is 8.89. The number of hydroxylamine groups is 2. The summed E-state index contributed by atoms with van der Waals surface area (Å²) < 4.78 is 5.70. The monoisotopic (exact) mass is 359 g/mol. The van der Waals surface area contributed by atoms with Gasteiger partial charge < -0.3 is 4.74 Å². The fraction of sp³-hybridized carbons (Fsp3) is 0.524. The van der Waals surface area contributed by atoms with Crippen LogP contribution in [0.15, 0.2) is 11.8 Å². The van der Waals surface area contributed by atoms with Crippen molar-refractivity contribution in [3.05, 3.63) is 39.6 Å². The Morgan fingerprint density at radius 1 is 1.12 bits per heavy atom. The zero-order valence-corrected chi connectivity index (χ0v) is 17.2. The van der Waals surface area contributed by atoms with Crippen LogP contribution in [-0.4, -0.2) is 29.6 Å².